The van der Waals surface area contributed by atoms with E-state index in [0.717, 1.165) is 0 Å². The Balaban J connectivity index is 4.04. The van der Waals surface area contributed by atoms with Gasteiger partial charge < -0.3 is 10.1 Å². The lowest BCUT2D eigenvalue weighted by atomic mass is 10.3. The van der Waals surface area contributed by atoms with Crippen molar-refractivity contribution in [2.45, 2.75) is 44.8 Å². The van der Waals surface area contributed by atoms with Gasteiger partial charge in [0.15, 0.2) is 0 Å². The smallest absolute Gasteiger partial charge is 0.361 e. The van der Waals surface area contributed by atoms with E-state index >= 15 is 0 Å². The van der Waals surface area contributed by atoms with E-state index in [1.54, 1.807) is 0 Å². The van der Waals surface area contributed by atoms with E-state index in [1.807, 2.05) is 13.8 Å². The molecule has 0 fully saturated rings. The van der Waals surface area contributed by atoms with Gasteiger partial charge in [0, 0.05) is 12.6 Å². The molecule has 0 radical (unpaired) electrons. The third kappa shape index (κ3) is 7.43. The highest BCUT2D eigenvalue weighted by Gasteiger charge is 2.57. The van der Waals surface area contributed by atoms with E-state index in [-0.39, 0.29) is 12.5 Å². The van der Waals surface area contributed by atoms with E-state index in [9.17, 15) is 26.3 Å². The van der Waals surface area contributed by atoms with Crippen molar-refractivity contribution in [2.75, 3.05) is 13.2 Å². The molecule has 0 aliphatic carbocycles. The lowest BCUT2D eigenvalue weighted by Gasteiger charge is -2.23. The molecule has 2 nitrogen and oxygen atoms in total. The Morgan fingerprint density at radius 3 is 1.82 bits per heavy atom. The summed E-state index contributed by atoms with van der Waals surface area (Å²) >= 11 is 0. The predicted octanol–water partition coefficient (Wildman–Crippen LogP) is 2.88. The molecular weight excluding hydrogens is 252 g/mol. The number of hydrogen-bond donors (Lipinski definition) is 1. The summed E-state index contributed by atoms with van der Waals surface area (Å²) in [5.41, 5.74) is 0. The maximum Gasteiger partial charge on any atom is 0.423 e. The first kappa shape index (κ1) is 16.5. The van der Waals surface area contributed by atoms with Crippen molar-refractivity contribution >= 4 is 0 Å². The van der Waals surface area contributed by atoms with Crippen LogP contribution < -0.4 is 5.32 Å². The SMILES string of the molecule is CC(C)NCCCOC(C(F)(F)F)C(F)(F)F. The molecule has 0 heterocycles. The largest absolute Gasteiger partial charge is 0.423 e. The van der Waals surface area contributed by atoms with Crippen LogP contribution in [-0.2, 0) is 4.74 Å². The molecule has 0 aromatic carbocycles. The van der Waals surface area contributed by atoms with Crippen molar-refractivity contribution in [3.63, 3.8) is 0 Å². The van der Waals surface area contributed by atoms with Gasteiger partial charge in [-0.05, 0) is 13.0 Å². The highest BCUT2D eigenvalue weighted by Crippen LogP contribution is 2.35. The van der Waals surface area contributed by atoms with Crippen LogP contribution in [-0.4, -0.2) is 37.7 Å². The first-order valence-electron chi connectivity index (χ1n) is 5.03. The topological polar surface area (TPSA) is 21.3 Å². The summed E-state index contributed by atoms with van der Waals surface area (Å²) < 4.78 is 75.8. The second-order valence-corrected chi connectivity index (χ2v) is 3.80. The monoisotopic (exact) mass is 267 g/mol. The Kier molecular flexibility index (Phi) is 6.25. The van der Waals surface area contributed by atoms with Crippen molar-refractivity contribution in [3.05, 3.63) is 0 Å². The van der Waals surface area contributed by atoms with Crippen molar-refractivity contribution in [1.82, 2.24) is 5.32 Å². The molecule has 0 aromatic rings. The molecule has 104 valence electrons. The average Bonchev–Trinajstić information content (AvgIpc) is 2.05. The van der Waals surface area contributed by atoms with Crippen LogP contribution in [0.4, 0.5) is 26.3 Å². The van der Waals surface area contributed by atoms with Crippen LogP contribution in [0, 0.1) is 0 Å². The molecule has 0 aromatic heterocycles. The molecule has 17 heavy (non-hydrogen) atoms. The van der Waals surface area contributed by atoms with Crippen LogP contribution in [0.2, 0.25) is 0 Å². The second kappa shape index (κ2) is 6.44. The first-order chi connectivity index (χ1) is 7.55. The maximum atomic E-state index is 12.0. The number of nitrogens with one attached hydrogen (secondary N) is 1. The van der Waals surface area contributed by atoms with Gasteiger partial charge in [0.1, 0.15) is 0 Å². The standard InChI is InChI=1S/C9H15F6NO/c1-6(2)16-4-3-5-17-7(8(10,11)12)9(13,14)15/h6-7,16H,3-5H2,1-2H3. The van der Waals surface area contributed by atoms with Crippen molar-refractivity contribution in [1.29, 1.82) is 0 Å². The highest BCUT2D eigenvalue weighted by molar-refractivity contribution is 4.75. The van der Waals surface area contributed by atoms with Crippen LogP contribution in [0.15, 0.2) is 0 Å². The summed E-state index contributed by atoms with van der Waals surface area (Å²) in [5.74, 6) is 0. The highest BCUT2D eigenvalue weighted by atomic mass is 19.4. The third-order valence-electron chi connectivity index (χ3n) is 1.75. The predicted molar refractivity (Wildman–Crippen MR) is 49.6 cm³/mol. The second-order valence-electron chi connectivity index (χ2n) is 3.80. The van der Waals surface area contributed by atoms with Gasteiger partial charge in [-0.25, -0.2) is 0 Å². The number of alkyl halides is 6. The van der Waals surface area contributed by atoms with E-state index in [4.69, 9.17) is 0 Å². The summed E-state index contributed by atoms with van der Waals surface area (Å²) in [5, 5.41) is 2.85. The summed E-state index contributed by atoms with van der Waals surface area (Å²) in [6, 6.07) is 0.121. The van der Waals surface area contributed by atoms with Crippen molar-refractivity contribution in [2.24, 2.45) is 0 Å². The van der Waals surface area contributed by atoms with Gasteiger partial charge in [0.25, 0.3) is 0 Å². The summed E-state index contributed by atoms with van der Waals surface area (Å²) in [7, 11) is 0. The Labute approximate surface area is 95.3 Å². The van der Waals surface area contributed by atoms with E-state index < -0.39 is 25.1 Å². The Morgan fingerprint density at radius 2 is 1.47 bits per heavy atom. The van der Waals surface area contributed by atoms with Gasteiger partial charge in [0.05, 0.1) is 0 Å². The molecule has 0 saturated heterocycles. The third-order valence-corrected chi connectivity index (χ3v) is 1.75. The number of ether oxygens (including phenoxy) is 1. The van der Waals surface area contributed by atoms with Gasteiger partial charge in [0.2, 0.25) is 6.10 Å². The molecule has 0 spiro atoms. The number of rotatable bonds is 6. The molecule has 0 aliphatic rings. The molecule has 0 saturated carbocycles. The molecule has 0 aliphatic heterocycles. The van der Waals surface area contributed by atoms with Gasteiger partial charge in [-0.1, -0.05) is 13.8 Å². The molecule has 8 heteroatoms. The Bertz CT molecular complexity index is 199. The summed E-state index contributed by atoms with van der Waals surface area (Å²) in [4.78, 5) is 0. The van der Waals surface area contributed by atoms with Gasteiger partial charge in [-0.2, -0.15) is 26.3 Å². The zero-order valence-electron chi connectivity index (χ0n) is 9.45. The minimum absolute atomic E-state index is 0.0842. The minimum Gasteiger partial charge on any atom is -0.361 e. The van der Waals surface area contributed by atoms with E-state index in [2.05, 4.69) is 10.1 Å². The zero-order valence-corrected chi connectivity index (χ0v) is 9.45. The molecule has 1 N–H and O–H groups in total. The van der Waals surface area contributed by atoms with Gasteiger partial charge in [-0.3, -0.25) is 0 Å². The molecule has 0 rings (SSSR count). The van der Waals surface area contributed by atoms with E-state index in [0.29, 0.717) is 6.54 Å². The molecule has 0 unspecified atom stereocenters. The Hall–Kier alpha value is -0.500. The fourth-order valence-corrected chi connectivity index (χ4v) is 1.04. The molecule has 0 amide bonds. The molecule has 0 atom stereocenters. The molecular formula is C9H15F6NO. The lowest BCUT2D eigenvalue weighted by Crippen LogP contribution is -2.44. The zero-order chi connectivity index (χ0) is 13.7. The van der Waals surface area contributed by atoms with E-state index in [1.165, 1.54) is 0 Å². The fourth-order valence-electron chi connectivity index (χ4n) is 1.04. The maximum absolute atomic E-state index is 12.0. The Morgan fingerprint density at radius 1 is 1.00 bits per heavy atom. The number of halogens is 6. The van der Waals surface area contributed by atoms with Crippen molar-refractivity contribution < 1.29 is 31.1 Å². The van der Waals surface area contributed by atoms with Crippen LogP contribution in [0.5, 0.6) is 0 Å². The first-order valence-corrected chi connectivity index (χ1v) is 5.03. The fraction of sp³-hybridized carbons (Fsp3) is 1.00. The van der Waals surface area contributed by atoms with Crippen molar-refractivity contribution in [3.8, 4) is 0 Å². The summed E-state index contributed by atoms with van der Waals surface area (Å²) in [6.45, 7) is 3.34. The number of hydrogen-bond acceptors (Lipinski definition) is 2. The summed E-state index contributed by atoms with van der Waals surface area (Å²) in [6.07, 6.45) is -14.5. The molecule has 0 bridgehead atoms. The van der Waals surface area contributed by atoms with Crippen LogP contribution in [0.25, 0.3) is 0 Å². The quantitative estimate of drug-likeness (QED) is 0.590. The average molecular weight is 267 g/mol. The minimum atomic E-state index is -5.43. The lowest BCUT2D eigenvalue weighted by molar-refractivity contribution is -0.321. The van der Waals surface area contributed by atoms with Crippen LogP contribution >= 0.6 is 0 Å². The van der Waals surface area contributed by atoms with Crippen LogP contribution in [0.1, 0.15) is 20.3 Å². The van der Waals surface area contributed by atoms with Crippen LogP contribution in [0.3, 0.4) is 0 Å². The normalized spacial score (nSPS) is 13.8. The van der Waals surface area contributed by atoms with Gasteiger partial charge in [-0.15, -0.1) is 0 Å². The van der Waals surface area contributed by atoms with Gasteiger partial charge >= 0.3 is 12.4 Å².